The zero-order chi connectivity index (χ0) is 15.1. The highest BCUT2D eigenvalue weighted by molar-refractivity contribution is 5.84. The monoisotopic (exact) mass is 284 g/mol. The van der Waals surface area contributed by atoms with Gasteiger partial charge in [-0.1, -0.05) is 0 Å². The fourth-order valence-electron chi connectivity index (χ4n) is 2.59. The molecule has 0 aromatic carbocycles. The summed E-state index contributed by atoms with van der Waals surface area (Å²) in [6.45, 7) is 5.72. The van der Waals surface area contributed by atoms with E-state index in [0.29, 0.717) is 38.9 Å². The van der Waals surface area contributed by atoms with Crippen LogP contribution >= 0.6 is 0 Å². The predicted octanol–water partition coefficient (Wildman–Crippen LogP) is 1.10. The molecule has 6 heteroatoms. The second kappa shape index (κ2) is 7.87. The molecule has 1 heterocycles. The largest absolute Gasteiger partial charge is 0.480 e. The molecule has 20 heavy (non-hydrogen) atoms. The molecule has 0 saturated carbocycles. The zero-order valence-corrected chi connectivity index (χ0v) is 12.3. The van der Waals surface area contributed by atoms with Gasteiger partial charge in [0.15, 0.2) is 0 Å². The van der Waals surface area contributed by atoms with Gasteiger partial charge in [0.2, 0.25) is 11.8 Å². The highest BCUT2D eigenvalue weighted by atomic mass is 16.4. The Hall–Kier alpha value is -1.59. The number of hydrogen-bond donors (Lipinski definition) is 1. The molecule has 1 aliphatic rings. The third-order valence-electron chi connectivity index (χ3n) is 3.76. The first-order chi connectivity index (χ1) is 9.51. The first kappa shape index (κ1) is 16.5. The molecule has 0 bridgehead atoms. The van der Waals surface area contributed by atoms with Crippen LogP contribution in [0.5, 0.6) is 0 Å². The maximum absolute atomic E-state index is 12.0. The molecule has 114 valence electrons. The number of carboxylic acid groups (broad SMARTS) is 1. The summed E-state index contributed by atoms with van der Waals surface area (Å²) >= 11 is 0. The molecule has 0 aromatic heterocycles. The Labute approximate surface area is 119 Å². The summed E-state index contributed by atoms with van der Waals surface area (Å²) < 4.78 is 0. The molecule has 0 spiro atoms. The van der Waals surface area contributed by atoms with Gasteiger partial charge in [-0.3, -0.25) is 9.59 Å². The van der Waals surface area contributed by atoms with E-state index in [0.717, 1.165) is 6.42 Å². The minimum Gasteiger partial charge on any atom is -0.480 e. The van der Waals surface area contributed by atoms with Crippen LogP contribution in [-0.2, 0) is 14.4 Å². The van der Waals surface area contributed by atoms with Gasteiger partial charge in [-0.2, -0.15) is 0 Å². The van der Waals surface area contributed by atoms with Gasteiger partial charge in [-0.25, -0.2) is 4.79 Å². The van der Waals surface area contributed by atoms with Crippen LogP contribution in [0, 0.1) is 0 Å². The second-order valence-corrected chi connectivity index (χ2v) is 5.00. The van der Waals surface area contributed by atoms with Gasteiger partial charge in [0.1, 0.15) is 6.04 Å². The van der Waals surface area contributed by atoms with Crippen LogP contribution in [0.15, 0.2) is 0 Å². The van der Waals surface area contributed by atoms with Gasteiger partial charge >= 0.3 is 5.97 Å². The van der Waals surface area contributed by atoms with Gasteiger partial charge in [-0.15, -0.1) is 0 Å². The van der Waals surface area contributed by atoms with E-state index in [1.165, 1.54) is 4.90 Å². The van der Waals surface area contributed by atoms with Gasteiger partial charge in [0, 0.05) is 32.5 Å². The third-order valence-corrected chi connectivity index (χ3v) is 3.76. The predicted molar refractivity (Wildman–Crippen MR) is 74.1 cm³/mol. The molecule has 0 unspecified atom stereocenters. The average Bonchev–Trinajstić information content (AvgIpc) is 2.89. The Morgan fingerprint density at radius 1 is 1.20 bits per heavy atom. The molecule has 0 aromatic rings. The van der Waals surface area contributed by atoms with Crippen LogP contribution in [0.4, 0.5) is 0 Å². The molecule has 6 nitrogen and oxygen atoms in total. The topological polar surface area (TPSA) is 77.9 Å². The van der Waals surface area contributed by atoms with Crippen molar-refractivity contribution in [3.63, 3.8) is 0 Å². The summed E-state index contributed by atoms with van der Waals surface area (Å²) in [6.07, 6.45) is 2.34. The number of likely N-dealkylation sites (tertiary alicyclic amines) is 1. The van der Waals surface area contributed by atoms with E-state index >= 15 is 0 Å². The minimum atomic E-state index is -0.935. The quantitative estimate of drug-likeness (QED) is 0.759. The number of carbonyl (C=O) groups excluding carboxylic acids is 2. The highest BCUT2D eigenvalue weighted by Crippen LogP contribution is 2.19. The van der Waals surface area contributed by atoms with Crippen LogP contribution in [0.1, 0.15) is 46.0 Å². The molecular formula is C14H24N2O4. The molecule has 1 fully saturated rings. The fraction of sp³-hybridized carbons (Fsp3) is 0.786. The molecular weight excluding hydrogens is 260 g/mol. The van der Waals surface area contributed by atoms with Gasteiger partial charge in [-0.05, 0) is 33.1 Å². The number of rotatable bonds is 7. The van der Waals surface area contributed by atoms with E-state index in [9.17, 15) is 14.4 Å². The van der Waals surface area contributed by atoms with Crippen molar-refractivity contribution in [1.82, 2.24) is 9.80 Å². The van der Waals surface area contributed by atoms with Crippen LogP contribution in [0.25, 0.3) is 0 Å². The number of hydrogen-bond acceptors (Lipinski definition) is 3. The van der Waals surface area contributed by atoms with E-state index < -0.39 is 12.0 Å². The van der Waals surface area contributed by atoms with Crippen LogP contribution in [0.3, 0.4) is 0 Å². The number of nitrogens with zero attached hydrogens (tertiary/aromatic N) is 2. The minimum absolute atomic E-state index is 0.0546. The lowest BCUT2D eigenvalue weighted by atomic mass is 10.2. The number of aliphatic carboxylic acids is 1. The molecule has 1 rings (SSSR count). The summed E-state index contributed by atoms with van der Waals surface area (Å²) in [5.74, 6) is -1.03. The normalized spacial score (nSPS) is 18.1. The molecule has 0 aliphatic carbocycles. The highest BCUT2D eigenvalue weighted by Gasteiger charge is 2.33. The maximum atomic E-state index is 12.0. The van der Waals surface area contributed by atoms with E-state index in [1.54, 1.807) is 4.90 Å². The molecule has 1 N–H and O–H groups in total. The van der Waals surface area contributed by atoms with E-state index in [1.807, 2.05) is 13.8 Å². The first-order valence-corrected chi connectivity index (χ1v) is 7.31. The lowest BCUT2D eigenvalue weighted by molar-refractivity contribution is -0.148. The SMILES string of the molecule is CCN(CC)C(=O)CCCC(=O)N1CCC[C@@H]1C(=O)O. The lowest BCUT2D eigenvalue weighted by Crippen LogP contribution is -2.40. The van der Waals surface area contributed by atoms with E-state index in [-0.39, 0.29) is 18.2 Å². The van der Waals surface area contributed by atoms with Crippen molar-refractivity contribution < 1.29 is 19.5 Å². The van der Waals surface area contributed by atoms with Crippen LogP contribution in [-0.4, -0.2) is 58.4 Å². The van der Waals surface area contributed by atoms with Gasteiger partial charge < -0.3 is 14.9 Å². The molecule has 1 atom stereocenters. The van der Waals surface area contributed by atoms with Crippen LogP contribution in [0.2, 0.25) is 0 Å². The number of amides is 2. The van der Waals surface area contributed by atoms with Crippen molar-refractivity contribution in [2.24, 2.45) is 0 Å². The van der Waals surface area contributed by atoms with Crippen LogP contribution < -0.4 is 0 Å². The van der Waals surface area contributed by atoms with Crippen molar-refractivity contribution >= 4 is 17.8 Å². The van der Waals surface area contributed by atoms with Crippen molar-refractivity contribution in [1.29, 1.82) is 0 Å². The molecule has 2 amide bonds. The molecule has 1 saturated heterocycles. The van der Waals surface area contributed by atoms with Gasteiger partial charge in [0.25, 0.3) is 0 Å². The first-order valence-electron chi connectivity index (χ1n) is 7.31. The Bertz CT molecular complexity index is 366. The maximum Gasteiger partial charge on any atom is 0.326 e. The summed E-state index contributed by atoms with van der Waals surface area (Å²) in [5.41, 5.74) is 0. The Kier molecular flexibility index (Phi) is 6.48. The molecule has 0 radical (unpaired) electrons. The lowest BCUT2D eigenvalue weighted by Gasteiger charge is -2.22. The smallest absolute Gasteiger partial charge is 0.326 e. The van der Waals surface area contributed by atoms with Gasteiger partial charge in [0.05, 0.1) is 0 Å². The number of carbonyl (C=O) groups is 3. The summed E-state index contributed by atoms with van der Waals surface area (Å²) in [7, 11) is 0. The van der Waals surface area contributed by atoms with Crippen molar-refractivity contribution in [2.75, 3.05) is 19.6 Å². The Balaban J connectivity index is 2.36. The fourth-order valence-corrected chi connectivity index (χ4v) is 2.59. The second-order valence-electron chi connectivity index (χ2n) is 5.00. The van der Waals surface area contributed by atoms with E-state index in [2.05, 4.69) is 0 Å². The Morgan fingerprint density at radius 3 is 2.40 bits per heavy atom. The van der Waals surface area contributed by atoms with E-state index in [4.69, 9.17) is 5.11 Å². The summed E-state index contributed by atoms with van der Waals surface area (Å²) in [4.78, 5) is 38.0. The number of carboxylic acids is 1. The average molecular weight is 284 g/mol. The summed E-state index contributed by atoms with van der Waals surface area (Å²) in [5, 5.41) is 9.03. The zero-order valence-electron chi connectivity index (χ0n) is 12.3. The summed E-state index contributed by atoms with van der Waals surface area (Å²) in [6, 6.07) is -0.680. The van der Waals surface area contributed by atoms with Crippen molar-refractivity contribution in [2.45, 2.75) is 52.0 Å². The standard InChI is InChI=1S/C14H24N2O4/c1-3-15(4-2)12(17)8-5-9-13(18)16-10-6-7-11(16)14(19)20/h11H,3-10H2,1-2H3,(H,19,20)/t11-/m1/s1. The van der Waals surface area contributed by atoms with Crippen molar-refractivity contribution in [3.05, 3.63) is 0 Å². The molecule has 1 aliphatic heterocycles. The third kappa shape index (κ3) is 4.21. The Morgan fingerprint density at radius 2 is 1.85 bits per heavy atom. The van der Waals surface area contributed by atoms with Crippen molar-refractivity contribution in [3.8, 4) is 0 Å².